The number of aromatic nitrogens is 3. The first kappa shape index (κ1) is 19.3. The molecule has 0 radical (unpaired) electrons. The first-order chi connectivity index (χ1) is 10.1. The molecule has 0 saturated heterocycles. The molecule has 1 atom stereocenters. The summed E-state index contributed by atoms with van der Waals surface area (Å²) < 4.78 is 6.66. The van der Waals surface area contributed by atoms with E-state index >= 15 is 0 Å². The van der Waals surface area contributed by atoms with Crippen LogP contribution in [0.15, 0.2) is 18.5 Å². The number of aliphatic hydroxyl groups is 2. The zero-order chi connectivity index (χ0) is 16.3. The summed E-state index contributed by atoms with van der Waals surface area (Å²) in [5.74, 6) is 0.521. The van der Waals surface area contributed by atoms with Crippen LogP contribution in [-0.4, -0.2) is 51.7 Å². The van der Waals surface area contributed by atoms with Crippen molar-refractivity contribution in [1.82, 2.24) is 14.6 Å². The van der Waals surface area contributed by atoms with Gasteiger partial charge in [-0.25, -0.2) is 9.50 Å². The van der Waals surface area contributed by atoms with Crippen LogP contribution in [-0.2, 0) is 4.74 Å². The summed E-state index contributed by atoms with van der Waals surface area (Å²) in [6, 6.07) is 3.87. The molecular formula is C14H26N4O3. The summed E-state index contributed by atoms with van der Waals surface area (Å²) in [7, 11) is 2.62. The largest absolute Gasteiger partial charge is 0.400 e. The number of aryl methyl sites for hydroxylation is 1. The zero-order valence-electron chi connectivity index (χ0n) is 13.2. The average molecular weight is 298 g/mol. The summed E-state index contributed by atoms with van der Waals surface area (Å²) in [6.07, 6.45) is 3.53. The Morgan fingerprint density at radius 3 is 2.48 bits per heavy atom. The number of aliphatic hydroxyl groups excluding tert-OH is 2. The van der Waals surface area contributed by atoms with Gasteiger partial charge in [-0.1, -0.05) is 13.3 Å². The summed E-state index contributed by atoms with van der Waals surface area (Å²) in [5.41, 5.74) is 7.53. The number of ether oxygens (including phenoxy) is 1. The van der Waals surface area contributed by atoms with Crippen molar-refractivity contribution in [1.29, 1.82) is 0 Å². The lowest BCUT2D eigenvalue weighted by atomic mass is 10.2. The molecule has 0 aliphatic rings. The Morgan fingerprint density at radius 1 is 1.38 bits per heavy atom. The van der Waals surface area contributed by atoms with Crippen LogP contribution in [0.3, 0.4) is 0 Å². The third-order valence-corrected chi connectivity index (χ3v) is 2.82. The predicted molar refractivity (Wildman–Crippen MR) is 83.1 cm³/mol. The van der Waals surface area contributed by atoms with E-state index in [0.717, 1.165) is 31.2 Å². The second kappa shape index (κ2) is 11.0. The summed E-state index contributed by atoms with van der Waals surface area (Å²) in [6.45, 7) is 4.19. The van der Waals surface area contributed by atoms with Gasteiger partial charge in [-0.05, 0) is 25.5 Å². The monoisotopic (exact) mass is 298 g/mol. The Kier molecular flexibility index (Phi) is 10.1. The molecule has 1 unspecified atom stereocenters. The molecule has 0 aromatic carbocycles. The van der Waals surface area contributed by atoms with Gasteiger partial charge in [0, 0.05) is 19.9 Å². The molecule has 0 saturated carbocycles. The van der Waals surface area contributed by atoms with Gasteiger partial charge in [0.2, 0.25) is 0 Å². The Bertz CT molecular complexity index is 498. The average Bonchev–Trinajstić information content (AvgIpc) is 2.91. The number of anilines is 1. The van der Waals surface area contributed by atoms with Gasteiger partial charge in [0.05, 0.1) is 12.7 Å². The number of hydrogen-bond acceptors (Lipinski definition) is 6. The van der Waals surface area contributed by atoms with E-state index < -0.39 is 0 Å². The predicted octanol–water partition coefficient (Wildman–Crippen LogP) is 1.02. The molecule has 7 nitrogen and oxygen atoms in total. The van der Waals surface area contributed by atoms with Gasteiger partial charge >= 0.3 is 0 Å². The Labute approximate surface area is 125 Å². The van der Waals surface area contributed by atoms with Crippen molar-refractivity contribution < 1.29 is 14.9 Å². The first-order valence-corrected chi connectivity index (χ1v) is 6.77. The molecule has 0 fully saturated rings. The molecule has 4 N–H and O–H groups in total. The maximum atomic E-state index is 8.53. The molecule has 2 aromatic rings. The molecule has 21 heavy (non-hydrogen) atoms. The quantitative estimate of drug-likeness (QED) is 0.778. The first-order valence-electron chi connectivity index (χ1n) is 6.77. The van der Waals surface area contributed by atoms with Crippen molar-refractivity contribution >= 4 is 11.3 Å². The molecule has 120 valence electrons. The molecule has 7 heteroatoms. The molecule has 2 aromatic heterocycles. The number of nitrogen functional groups attached to an aromatic ring is 1. The van der Waals surface area contributed by atoms with E-state index in [1.165, 1.54) is 6.33 Å². The van der Waals surface area contributed by atoms with E-state index in [2.05, 4.69) is 17.0 Å². The molecule has 0 spiro atoms. The smallest absolute Gasteiger partial charge is 0.151 e. The molecule has 0 amide bonds. The van der Waals surface area contributed by atoms with Gasteiger partial charge in [0.15, 0.2) is 5.82 Å². The van der Waals surface area contributed by atoms with Crippen molar-refractivity contribution in [2.45, 2.75) is 32.8 Å². The lowest BCUT2D eigenvalue weighted by molar-refractivity contribution is 0.0428. The lowest BCUT2D eigenvalue weighted by Gasteiger charge is -2.08. The van der Waals surface area contributed by atoms with Crippen molar-refractivity contribution in [3.63, 3.8) is 0 Å². The Hall–Kier alpha value is -1.70. The van der Waals surface area contributed by atoms with Crippen LogP contribution in [0.4, 0.5) is 5.82 Å². The second-order valence-electron chi connectivity index (χ2n) is 4.25. The third-order valence-electron chi connectivity index (χ3n) is 2.82. The maximum absolute atomic E-state index is 8.53. The fraction of sp³-hybridized carbons (Fsp3) is 0.571. The Balaban J connectivity index is 0.000000358. The van der Waals surface area contributed by atoms with Crippen molar-refractivity contribution in [2.24, 2.45) is 0 Å². The molecule has 0 aliphatic heterocycles. The van der Waals surface area contributed by atoms with E-state index in [4.69, 9.17) is 20.7 Å². The van der Waals surface area contributed by atoms with E-state index in [-0.39, 0.29) is 12.7 Å². The standard InChI is InChI=1S/C7H8N4.C6H14O2.CH4O/c1-5-2-3-6-7(8)9-4-10-11(5)6;1-3-4-6(5-7)8-2;1-2/h2-4H,1H3,(H2,8,9,10);6-7H,3-5H2,1-2H3;2H,1H3. The number of rotatable bonds is 4. The van der Waals surface area contributed by atoms with Gasteiger partial charge in [0.25, 0.3) is 0 Å². The van der Waals surface area contributed by atoms with Gasteiger partial charge in [-0.3, -0.25) is 0 Å². The minimum Gasteiger partial charge on any atom is -0.400 e. The van der Waals surface area contributed by atoms with E-state index in [1.807, 2.05) is 19.1 Å². The number of nitrogens with two attached hydrogens (primary N) is 1. The van der Waals surface area contributed by atoms with Crippen molar-refractivity contribution in [2.75, 3.05) is 26.6 Å². The Morgan fingerprint density at radius 2 is 2.05 bits per heavy atom. The van der Waals surface area contributed by atoms with E-state index in [0.29, 0.717) is 5.82 Å². The highest BCUT2D eigenvalue weighted by atomic mass is 16.5. The van der Waals surface area contributed by atoms with Gasteiger partial charge < -0.3 is 20.7 Å². The van der Waals surface area contributed by atoms with Crippen LogP contribution < -0.4 is 5.73 Å². The van der Waals surface area contributed by atoms with Gasteiger partial charge in [-0.2, -0.15) is 5.10 Å². The maximum Gasteiger partial charge on any atom is 0.151 e. The highest BCUT2D eigenvalue weighted by Gasteiger charge is 2.01. The highest BCUT2D eigenvalue weighted by Crippen LogP contribution is 2.11. The van der Waals surface area contributed by atoms with Gasteiger partial charge in [0.1, 0.15) is 11.8 Å². The highest BCUT2D eigenvalue weighted by molar-refractivity contribution is 5.65. The normalized spacial score (nSPS) is 11.1. The summed E-state index contributed by atoms with van der Waals surface area (Å²) in [4.78, 5) is 3.87. The lowest BCUT2D eigenvalue weighted by Crippen LogP contribution is -2.14. The van der Waals surface area contributed by atoms with Crippen LogP contribution >= 0.6 is 0 Å². The van der Waals surface area contributed by atoms with Gasteiger partial charge in [-0.15, -0.1) is 0 Å². The van der Waals surface area contributed by atoms with Crippen molar-refractivity contribution in [3.05, 3.63) is 24.2 Å². The number of fused-ring (bicyclic) bond motifs is 1. The molecule has 0 aliphatic carbocycles. The SMILES string of the molecule is CCCC(CO)OC.CO.Cc1ccc2c(N)ncnn12. The van der Waals surface area contributed by atoms with Crippen molar-refractivity contribution in [3.8, 4) is 0 Å². The molecular weight excluding hydrogens is 272 g/mol. The second-order valence-corrected chi connectivity index (χ2v) is 4.25. The van der Waals surface area contributed by atoms with Crippen LogP contribution in [0.5, 0.6) is 0 Å². The molecule has 2 heterocycles. The van der Waals surface area contributed by atoms with Crippen LogP contribution in [0, 0.1) is 6.92 Å². The summed E-state index contributed by atoms with van der Waals surface area (Å²) in [5, 5.41) is 19.6. The third kappa shape index (κ3) is 6.07. The topological polar surface area (TPSA) is 106 Å². The number of hydrogen-bond donors (Lipinski definition) is 3. The molecule has 0 bridgehead atoms. The molecule has 2 rings (SSSR count). The fourth-order valence-corrected chi connectivity index (χ4v) is 1.69. The fourth-order valence-electron chi connectivity index (χ4n) is 1.69. The minimum absolute atomic E-state index is 0.0556. The number of methoxy groups -OCH3 is 1. The summed E-state index contributed by atoms with van der Waals surface area (Å²) >= 11 is 0. The van der Waals surface area contributed by atoms with E-state index in [9.17, 15) is 0 Å². The minimum atomic E-state index is 0.0556. The van der Waals surface area contributed by atoms with Crippen LogP contribution in [0.2, 0.25) is 0 Å². The number of nitrogens with zero attached hydrogens (tertiary/aromatic N) is 3. The van der Waals surface area contributed by atoms with Crippen LogP contribution in [0.1, 0.15) is 25.5 Å². The van der Waals surface area contributed by atoms with Crippen LogP contribution in [0.25, 0.3) is 5.52 Å². The van der Waals surface area contributed by atoms with E-state index in [1.54, 1.807) is 11.6 Å². The zero-order valence-corrected chi connectivity index (χ0v) is 13.2.